The first-order valence-electron chi connectivity index (χ1n) is 5.57. The minimum atomic E-state index is -1.25. The lowest BCUT2D eigenvalue weighted by molar-refractivity contribution is -0.0574. The van der Waals surface area contributed by atoms with Crippen LogP contribution in [-0.4, -0.2) is 65.2 Å². The van der Waals surface area contributed by atoms with Crippen molar-refractivity contribution in [3.05, 3.63) is 6.33 Å². The molecular weight excluding hydrogens is 256 g/mol. The van der Waals surface area contributed by atoms with Crippen LogP contribution in [0.5, 0.6) is 0 Å². The number of anilines is 1. The smallest absolute Gasteiger partial charge is 0.186 e. The van der Waals surface area contributed by atoms with E-state index in [1.165, 1.54) is 11.0 Å². The van der Waals surface area contributed by atoms with Crippen LogP contribution in [0.3, 0.4) is 0 Å². The maximum Gasteiger partial charge on any atom is 0.186 e. The largest absolute Gasteiger partial charge is 0.394 e. The highest BCUT2D eigenvalue weighted by Crippen LogP contribution is 2.30. The second-order valence-electron chi connectivity index (χ2n) is 4.19. The molecule has 5 N–H and O–H groups in total. The maximum absolute atomic E-state index is 9.91. The zero-order valence-electron chi connectivity index (χ0n) is 9.66. The molecule has 19 heavy (non-hydrogen) atoms. The van der Waals surface area contributed by atoms with Crippen LogP contribution >= 0.6 is 0 Å². The van der Waals surface area contributed by atoms with Crippen molar-refractivity contribution < 1.29 is 20.1 Å². The molecule has 0 radical (unpaired) electrons. The average Bonchev–Trinajstić information content (AvgIpc) is 2.94. The number of fused-ring (bicyclic) bond motifs is 1. The van der Waals surface area contributed by atoms with E-state index in [0.717, 1.165) is 0 Å². The standard InChI is InChI=1S/C9H12N6O4/c10-7-4-8(12-2-11-7)15(14-13-4)9-6(18)5(17)3(1-16)19-9/h2-3,5-6,9,16-18H,1H2,(H2,10,11,12)/t3-,5-,6+,9-/m0/s1. The predicted molar refractivity (Wildman–Crippen MR) is 60.5 cm³/mol. The molecule has 1 aliphatic heterocycles. The zero-order valence-corrected chi connectivity index (χ0v) is 9.66. The minimum absolute atomic E-state index is 0.156. The number of hydrogen-bond acceptors (Lipinski definition) is 9. The second kappa shape index (κ2) is 4.35. The van der Waals surface area contributed by atoms with Crippen LogP contribution in [0.4, 0.5) is 5.82 Å². The Kier molecular flexibility index (Phi) is 2.78. The van der Waals surface area contributed by atoms with Gasteiger partial charge in [-0.15, -0.1) is 5.10 Å². The Labute approximate surface area is 106 Å². The average molecular weight is 268 g/mol. The molecule has 10 heteroatoms. The van der Waals surface area contributed by atoms with Gasteiger partial charge in [-0.05, 0) is 0 Å². The lowest BCUT2D eigenvalue weighted by Gasteiger charge is -2.14. The third kappa shape index (κ3) is 1.73. The van der Waals surface area contributed by atoms with Gasteiger partial charge in [-0.25, -0.2) is 9.97 Å². The molecule has 102 valence electrons. The number of aliphatic hydroxyl groups excluding tert-OH is 3. The molecule has 0 amide bonds. The molecule has 0 saturated carbocycles. The summed E-state index contributed by atoms with van der Waals surface area (Å²) in [4.78, 5) is 7.74. The van der Waals surface area contributed by atoms with Crippen LogP contribution in [0, 0.1) is 0 Å². The molecule has 2 aromatic rings. The van der Waals surface area contributed by atoms with Crippen molar-refractivity contribution in [1.82, 2.24) is 25.0 Å². The summed E-state index contributed by atoms with van der Waals surface area (Å²) in [6, 6.07) is 0. The molecule has 10 nitrogen and oxygen atoms in total. The van der Waals surface area contributed by atoms with Crippen LogP contribution in [0.2, 0.25) is 0 Å². The van der Waals surface area contributed by atoms with E-state index in [4.69, 9.17) is 15.6 Å². The fourth-order valence-electron chi connectivity index (χ4n) is 2.03. The van der Waals surface area contributed by atoms with Gasteiger partial charge >= 0.3 is 0 Å². The predicted octanol–water partition coefficient (Wildman–Crippen LogP) is -2.58. The maximum atomic E-state index is 9.91. The number of nitrogens with two attached hydrogens (primary N) is 1. The molecule has 3 rings (SSSR count). The molecule has 1 aliphatic rings. The fourth-order valence-corrected chi connectivity index (χ4v) is 2.03. The summed E-state index contributed by atoms with van der Waals surface area (Å²) in [6.07, 6.45) is -3.12. The highest BCUT2D eigenvalue weighted by atomic mass is 16.6. The number of ether oxygens (including phenoxy) is 1. The summed E-state index contributed by atoms with van der Waals surface area (Å²) in [5.41, 5.74) is 6.18. The van der Waals surface area contributed by atoms with Crippen LogP contribution in [0.15, 0.2) is 6.33 Å². The first-order chi connectivity index (χ1) is 9.13. The van der Waals surface area contributed by atoms with Crippen molar-refractivity contribution in [2.45, 2.75) is 24.5 Å². The Morgan fingerprint density at radius 1 is 1.32 bits per heavy atom. The number of nitrogen functional groups attached to an aromatic ring is 1. The highest BCUT2D eigenvalue weighted by molar-refractivity contribution is 5.80. The van der Waals surface area contributed by atoms with Gasteiger partial charge in [0.05, 0.1) is 6.61 Å². The van der Waals surface area contributed by atoms with Gasteiger partial charge in [0.15, 0.2) is 23.2 Å². The van der Waals surface area contributed by atoms with Crippen LogP contribution in [0.1, 0.15) is 6.23 Å². The van der Waals surface area contributed by atoms with Gasteiger partial charge in [-0.3, -0.25) is 0 Å². The fraction of sp³-hybridized carbons (Fsp3) is 0.556. The van der Waals surface area contributed by atoms with Crippen molar-refractivity contribution in [1.29, 1.82) is 0 Å². The van der Waals surface area contributed by atoms with E-state index >= 15 is 0 Å². The Morgan fingerprint density at radius 2 is 2.11 bits per heavy atom. The summed E-state index contributed by atoms with van der Waals surface area (Å²) >= 11 is 0. The monoisotopic (exact) mass is 268 g/mol. The Bertz CT molecular complexity index is 603. The van der Waals surface area contributed by atoms with Crippen molar-refractivity contribution in [3.8, 4) is 0 Å². The third-order valence-corrected chi connectivity index (χ3v) is 3.05. The first-order valence-corrected chi connectivity index (χ1v) is 5.57. The number of aromatic nitrogens is 5. The number of hydrogen-bond donors (Lipinski definition) is 4. The molecule has 0 aromatic carbocycles. The van der Waals surface area contributed by atoms with Crippen molar-refractivity contribution in [2.24, 2.45) is 0 Å². The van der Waals surface area contributed by atoms with E-state index in [9.17, 15) is 10.2 Å². The van der Waals surface area contributed by atoms with Crippen molar-refractivity contribution in [2.75, 3.05) is 12.3 Å². The quantitative estimate of drug-likeness (QED) is 0.459. The molecule has 0 spiro atoms. The van der Waals surface area contributed by atoms with Gasteiger partial charge in [-0.2, -0.15) is 4.68 Å². The van der Waals surface area contributed by atoms with Gasteiger partial charge in [0.1, 0.15) is 24.6 Å². The summed E-state index contributed by atoms with van der Waals surface area (Å²) in [7, 11) is 0. The summed E-state index contributed by atoms with van der Waals surface area (Å²) in [5.74, 6) is 0.156. The minimum Gasteiger partial charge on any atom is -0.394 e. The highest BCUT2D eigenvalue weighted by Gasteiger charge is 2.44. The molecule has 0 bridgehead atoms. The van der Waals surface area contributed by atoms with E-state index in [2.05, 4.69) is 20.3 Å². The zero-order chi connectivity index (χ0) is 13.6. The molecule has 0 aliphatic carbocycles. The van der Waals surface area contributed by atoms with E-state index in [1.807, 2.05) is 0 Å². The van der Waals surface area contributed by atoms with Crippen LogP contribution < -0.4 is 5.73 Å². The number of nitrogens with zero attached hydrogens (tertiary/aromatic N) is 5. The van der Waals surface area contributed by atoms with Crippen molar-refractivity contribution in [3.63, 3.8) is 0 Å². The van der Waals surface area contributed by atoms with E-state index in [1.54, 1.807) is 0 Å². The molecule has 2 aromatic heterocycles. The van der Waals surface area contributed by atoms with E-state index in [-0.39, 0.29) is 17.0 Å². The first kappa shape index (κ1) is 12.2. The lowest BCUT2D eigenvalue weighted by Crippen LogP contribution is -2.33. The Morgan fingerprint density at radius 3 is 2.79 bits per heavy atom. The van der Waals surface area contributed by atoms with Crippen LogP contribution in [-0.2, 0) is 4.74 Å². The molecule has 1 fully saturated rings. The summed E-state index contributed by atoms with van der Waals surface area (Å²) < 4.78 is 6.54. The molecule has 4 atom stereocenters. The molecule has 0 unspecified atom stereocenters. The van der Waals surface area contributed by atoms with Crippen LogP contribution in [0.25, 0.3) is 11.2 Å². The van der Waals surface area contributed by atoms with Gasteiger partial charge < -0.3 is 25.8 Å². The van der Waals surface area contributed by atoms with E-state index < -0.39 is 31.1 Å². The van der Waals surface area contributed by atoms with Gasteiger partial charge in [-0.1, -0.05) is 5.21 Å². The summed E-state index contributed by atoms with van der Waals surface area (Å²) in [5, 5.41) is 36.2. The third-order valence-electron chi connectivity index (χ3n) is 3.05. The Balaban J connectivity index is 2.04. The topological polar surface area (TPSA) is 152 Å². The lowest BCUT2D eigenvalue weighted by atomic mass is 10.1. The van der Waals surface area contributed by atoms with Gasteiger partial charge in [0.2, 0.25) is 0 Å². The SMILES string of the molecule is Nc1ncnc2c1nnn2[C@H]1O[C@@H](CO)[C@H](O)[C@H]1O. The Hall–Kier alpha value is -1.88. The number of aliphatic hydroxyl groups is 3. The second-order valence-corrected chi connectivity index (χ2v) is 4.19. The molecular formula is C9H12N6O4. The number of rotatable bonds is 2. The molecule has 3 heterocycles. The molecule has 1 saturated heterocycles. The van der Waals surface area contributed by atoms with Gasteiger partial charge in [0, 0.05) is 0 Å². The van der Waals surface area contributed by atoms with E-state index in [0.29, 0.717) is 0 Å². The summed E-state index contributed by atoms with van der Waals surface area (Å²) in [6.45, 7) is -0.418. The van der Waals surface area contributed by atoms with Gasteiger partial charge in [0.25, 0.3) is 0 Å². The van der Waals surface area contributed by atoms with Crippen molar-refractivity contribution >= 4 is 17.0 Å². The normalized spacial score (nSPS) is 31.1.